The van der Waals surface area contributed by atoms with E-state index in [9.17, 15) is 10.1 Å². The molecule has 1 amide bonds. The lowest BCUT2D eigenvalue weighted by Gasteiger charge is -2.11. The first-order valence-corrected chi connectivity index (χ1v) is 8.84. The van der Waals surface area contributed by atoms with Crippen LogP contribution in [-0.4, -0.2) is 12.5 Å². The second kappa shape index (κ2) is 9.27. The van der Waals surface area contributed by atoms with Crippen molar-refractivity contribution < 1.29 is 9.53 Å². The van der Waals surface area contributed by atoms with Crippen LogP contribution in [-0.2, 0) is 4.79 Å². The number of anilines is 1. The number of nitriles is 1. The summed E-state index contributed by atoms with van der Waals surface area (Å²) in [6.45, 7) is 7.66. The number of carbonyl (C=O) groups is 1. The predicted octanol–water partition coefficient (Wildman–Crippen LogP) is 5.72. The number of carbonyl (C=O) groups excluding carboxylic acids is 1. The summed E-state index contributed by atoms with van der Waals surface area (Å²) in [5, 5.41) is 12.8. The first-order chi connectivity index (χ1) is 12.8. The van der Waals surface area contributed by atoms with Gasteiger partial charge < -0.3 is 10.1 Å². The van der Waals surface area contributed by atoms with Gasteiger partial charge in [-0.3, -0.25) is 4.79 Å². The molecule has 0 bridgehead atoms. The third-order valence-corrected chi connectivity index (χ3v) is 4.18. The van der Waals surface area contributed by atoms with Gasteiger partial charge in [-0.05, 0) is 43.7 Å². The molecule has 0 aliphatic heterocycles. The SMILES string of the molecule is C=CCOc1c(Cl)cc(Cl)cc1/C=C(\C#N)C(=O)Nc1ccc(C)cc1C. The number of halogens is 2. The molecule has 0 saturated carbocycles. The van der Waals surface area contributed by atoms with Gasteiger partial charge in [-0.15, -0.1) is 0 Å². The van der Waals surface area contributed by atoms with Crippen molar-refractivity contribution in [3.63, 3.8) is 0 Å². The lowest BCUT2D eigenvalue weighted by atomic mass is 10.1. The molecule has 0 atom stereocenters. The van der Waals surface area contributed by atoms with Crippen LogP contribution in [0.1, 0.15) is 16.7 Å². The Hall–Kier alpha value is -2.74. The van der Waals surface area contributed by atoms with Crippen LogP contribution in [0, 0.1) is 25.2 Å². The van der Waals surface area contributed by atoms with E-state index in [2.05, 4.69) is 11.9 Å². The van der Waals surface area contributed by atoms with Gasteiger partial charge in [0.15, 0.2) is 0 Å². The Morgan fingerprint density at radius 1 is 1.30 bits per heavy atom. The highest BCUT2D eigenvalue weighted by Gasteiger charge is 2.15. The fourth-order valence-electron chi connectivity index (χ4n) is 2.43. The minimum atomic E-state index is -0.532. The molecule has 0 spiro atoms. The Morgan fingerprint density at radius 2 is 2.04 bits per heavy atom. The van der Waals surface area contributed by atoms with E-state index in [4.69, 9.17) is 27.9 Å². The van der Waals surface area contributed by atoms with E-state index < -0.39 is 5.91 Å². The summed E-state index contributed by atoms with van der Waals surface area (Å²) in [6, 6.07) is 10.6. The monoisotopic (exact) mass is 400 g/mol. The number of hydrogen-bond acceptors (Lipinski definition) is 3. The van der Waals surface area contributed by atoms with Gasteiger partial charge in [0.2, 0.25) is 0 Å². The van der Waals surface area contributed by atoms with Gasteiger partial charge in [-0.2, -0.15) is 5.26 Å². The minimum Gasteiger partial charge on any atom is -0.487 e. The molecule has 138 valence electrons. The fourth-order valence-corrected chi connectivity index (χ4v) is 2.99. The van der Waals surface area contributed by atoms with Crippen molar-refractivity contribution in [2.75, 3.05) is 11.9 Å². The van der Waals surface area contributed by atoms with E-state index in [1.807, 2.05) is 32.0 Å². The molecular weight excluding hydrogens is 383 g/mol. The van der Waals surface area contributed by atoms with E-state index in [0.717, 1.165) is 11.1 Å². The first kappa shape index (κ1) is 20.6. The quantitative estimate of drug-likeness (QED) is 0.383. The lowest BCUT2D eigenvalue weighted by molar-refractivity contribution is -0.112. The number of ether oxygens (including phenoxy) is 1. The molecule has 0 saturated heterocycles. The molecule has 0 heterocycles. The molecule has 2 aromatic rings. The van der Waals surface area contributed by atoms with Crippen LogP contribution in [0.5, 0.6) is 5.75 Å². The van der Waals surface area contributed by atoms with Crippen LogP contribution in [0.25, 0.3) is 6.08 Å². The molecule has 0 unspecified atom stereocenters. The predicted molar refractivity (Wildman–Crippen MR) is 110 cm³/mol. The normalized spacial score (nSPS) is 10.9. The number of benzene rings is 2. The molecule has 2 aromatic carbocycles. The van der Waals surface area contributed by atoms with Crippen molar-refractivity contribution in [3.8, 4) is 11.8 Å². The Labute approximate surface area is 168 Å². The number of aryl methyl sites for hydroxylation is 2. The Bertz CT molecular complexity index is 959. The number of nitrogens with zero attached hydrogens (tertiary/aromatic N) is 1. The van der Waals surface area contributed by atoms with Gasteiger partial charge >= 0.3 is 0 Å². The average Bonchev–Trinajstić information content (AvgIpc) is 2.61. The van der Waals surface area contributed by atoms with Crippen LogP contribution in [0.3, 0.4) is 0 Å². The summed E-state index contributed by atoms with van der Waals surface area (Å²) >= 11 is 12.2. The van der Waals surface area contributed by atoms with E-state index in [-0.39, 0.29) is 17.2 Å². The molecule has 27 heavy (non-hydrogen) atoms. The van der Waals surface area contributed by atoms with E-state index in [1.54, 1.807) is 18.2 Å². The van der Waals surface area contributed by atoms with Crippen LogP contribution in [0.4, 0.5) is 5.69 Å². The highest BCUT2D eigenvalue weighted by molar-refractivity contribution is 6.36. The van der Waals surface area contributed by atoms with Crippen LogP contribution >= 0.6 is 23.2 Å². The molecule has 0 aliphatic rings. The summed E-state index contributed by atoms with van der Waals surface area (Å²) in [5.41, 5.74) is 2.96. The maximum Gasteiger partial charge on any atom is 0.266 e. The van der Waals surface area contributed by atoms with E-state index in [0.29, 0.717) is 22.0 Å². The van der Waals surface area contributed by atoms with Crippen molar-refractivity contribution in [2.45, 2.75) is 13.8 Å². The highest BCUT2D eigenvalue weighted by Crippen LogP contribution is 2.34. The van der Waals surface area contributed by atoms with Gasteiger partial charge in [0.25, 0.3) is 5.91 Å². The standard InChI is InChI=1S/C21H18Cl2N2O2/c1-4-7-27-20-15(10-17(22)11-18(20)23)9-16(12-24)21(26)25-19-6-5-13(2)8-14(19)3/h4-6,8-11H,1,7H2,2-3H3,(H,25,26)/b16-9+. The Morgan fingerprint density at radius 3 is 2.67 bits per heavy atom. The topological polar surface area (TPSA) is 62.1 Å². The zero-order valence-corrected chi connectivity index (χ0v) is 16.5. The number of hydrogen-bond donors (Lipinski definition) is 1. The molecular formula is C21H18Cl2N2O2. The fraction of sp³-hybridized carbons (Fsp3) is 0.143. The molecule has 2 rings (SSSR count). The van der Waals surface area contributed by atoms with Crippen molar-refractivity contribution in [1.29, 1.82) is 5.26 Å². The van der Waals surface area contributed by atoms with Gasteiger partial charge in [0.05, 0.1) is 5.02 Å². The Balaban J connectivity index is 2.39. The van der Waals surface area contributed by atoms with Crippen molar-refractivity contribution in [2.24, 2.45) is 0 Å². The van der Waals surface area contributed by atoms with Gasteiger partial charge in [0.1, 0.15) is 24.0 Å². The van der Waals surface area contributed by atoms with E-state index in [1.165, 1.54) is 12.1 Å². The molecule has 6 heteroatoms. The van der Waals surface area contributed by atoms with E-state index >= 15 is 0 Å². The summed E-state index contributed by atoms with van der Waals surface area (Å²) in [7, 11) is 0. The second-order valence-corrected chi connectivity index (χ2v) is 6.69. The largest absolute Gasteiger partial charge is 0.487 e. The highest BCUT2D eigenvalue weighted by atomic mass is 35.5. The summed E-state index contributed by atoms with van der Waals surface area (Å²) in [5.74, 6) is -0.205. The van der Waals surface area contributed by atoms with Crippen LogP contribution in [0.2, 0.25) is 10.0 Å². The van der Waals surface area contributed by atoms with Crippen molar-refractivity contribution in [3.05, 3.63) is 75.3 Å². The van der Waals surface area contributed by atoms with Gasteiger partial charge in [0, 0.05) is 16.3 Å². The molecule has 0 fully saturated rings. The van der Waals surface area contributed by atoms with Crippen LogP contribution < -0.4 is 10.1 Å². The van der Waals surface area contributed by atoms with Gasteiger partial charge in [-0.25, -0.2) is 0 Å². The average molecular weight is 401 g/mol. The first-order valence-electron chi connectivity index (χ1n) is 8.09. The molecule has 0 aromatic heterocycles. The third kappa shape index (κ3) is 5.37. The summed E-state index contributed by atoms with van der Waals surface area (Å²) < 4.78 is 5.55. The third-order valence-electron chi connectivity index (χ3n) is 3.68. The van der Waals surface area contributed by atoms with Gasteiger partial charge in [-0.1, -0.05) is 53.6 Å². The number of amides is 1. The number of nitrogens with one attached hydrogen (secondary N) is 1. The lowest BCUT2D eigenvalue weighted by Crippen LogP contribution is -2.14. The molecule has 1 N–H and O–H groups in total. The minimum absolute atomic E-state index is 0.100. The maximum atomic E-state index is 12.6. The zero-order chi connectivity index (χ0) is 20.0. The second-order valence-electron chi connectivity index (χ2n) is 5.85. The smallest absolute Gasteiger partial charge is 0.266 e. The summed E-state index contributed by atoms with van der Waals surface area (Å²) in [4.78, 5) is 12.6. The Kier molecular flexibility index (Phi) is 7.06. The molecule has 0 radical (unpaired) electrons. The van der Waals surface area contributed by atoms with Crippen molar-refractivity contribution >= 4 is 40.9 Å². The summed E-state index contributed by atoms with van der Waals surface area (Å²) in [6.07, 6.45) is 2.96. The molecule has 4 nitrogen and oxygen atoms in total. The van der Waals surface area contributed by atoms with Crippen molar-refractivity contribution in [1.82, 2.24) is 0 Å². The number of rotatable bonds is 6. The maximum absolute atomic E-state index is 12.6. The molecule has 0 aliphatic carbocycles. The zero-order valence-electron chi connectivity index (χ0n) is 15.0. The van der Waals surface area contributed by atoms with Crippen LogP contribution in [0.15, 0.2) is 48.6 Å².